The van der Waals surface area contributed by atoms with Gasteiger partial charge in [0.1, 0.15) is 5.82 Å². The van der Waals surface area contributed by atoms with Crippen LogP contribution in [0.25, 0.3) is 11.5 Å². The second-order valence-corrected chi connectivity index (χ2v) is 5.45. The van der Waals surface area contributed by atoms with Crippen LogP contribution in [0.4, 0.5) is 10.1 Å². The molecule has 2 heterocycles. The Kier molecular flexibility index (Phi) is 3.60. The summed E-state index contributed by atoms with van der Waals surface area (Å²) in [7, 11) is 4.09. The van der Waals surface area contributed by atoms with Gasteiger partial charge in [-0.05, 0) is 32.3 Å². The molecule has 0 spiro atoms. The Labute approximate surface area is 122 Å². The van der Waals surface area contributed by atoms with E-state index in [9.17, 15) is 4.39 Å². The van der Waals surface area contributed by atoms with Gasteiger partial charge in [-0.3, -0.25) is 4.90 Å². The van der Waals surface area contributed by atoms with E-state index < -0.39 is 0 Å². The second kappa shape index (κ2) is 5.42. The molecule has 1 saturated heterocycles. The van der Waals surface area contributed by atoms with E-state index in [4.69, 9.17) is 10.3 Å². The molecule has 0 bridgehead atoms. The molecule has 21 heavy (non-hydrogen) atoms. The van der Waals surface area contributed by atoms with E-state index in [0.29, 0.717) is 17.1 Å². The third kappa shape index (κ3) is 2.74. The molecule has 112 valence electrons. The smallest absolute Gasteiger partial charge is 0.260 e. The molecule has 1 fully saturated rings. The molecule has 2 aromatic rings. The van der Waals surface area contributed by atoms with Crippen molar-refractivity contribution >= 4 is 5.69 Å². The normalized spacial score (nSPS) is 20.8. The van der Waals surface area contributed by atoms with Gasteiger partial charge >= 0.3 is 0 Å². The van der Waals surface area contributed by atoms with Gasteiger partial charge < -0.3 is 15.2 Å². The number of nitrogen functional groups attached to an aromatic ring is 1. The minimum absolute atomic E-state index is 0.0658. The van der Waals surface area contributed by atoms with Crippen LogP contribution >= 0.6 is 0 Å². The first-order valence-electron chi connectivity index (χ1n) is 6.82. The average molecular weight is 291 g/mol. The van der Waals surface area contributed by atoms with Crippen molar-refractivity contribution in [2.24, 2.45) is 0 Å². The van der Waals surface area contributed by atoms with Gasteiger partial charge in [0.25, 0.3) is 5.89 Å². The molecular weight excluding hydrogens is 273 g/mol. The zero-order valence-corrected chi connectivity index (χ0v) is 12.1. The number of nitrogens with two attached hydrogens (primary N) is 1. The summed E-state index contributed by atoms with van der Waals surface area (Å²) in [5.74, 6) is 0.472. The summed E-state index contributed by atoms with van der Waals surface area (Å²) in [4.78, 5) is 8.80. The fourth-order valence-corrected chi connectivity index (χ4v) is 2.48. The van der Waals surface area contributed by atoms with E-state index in [1.807, 2.05) is 7.05 Å². The summed E-state index contributed by atoms with van der Waals surface area (Å²) in [5.41, 5.74) is 6.69. The molecule has 1 atom stereocenters. The number of anilines is 1. The summed E-state index contributed by atoms with van der Waals surface area (Å²) < 4.78 is 18.6. The Bertz CT molecular complexity index is 644. The fourth-order valence-electron chi connectivity index (χ4n) is 2.48. The molecule has 2 N–H and O–H groups in total. The van der Waals surface area contributed by atoms with Crippen molar-refractivity contribution in [1.29, 1.82) is 0 Å². The van der Waals surface area contributed by atoms with Crippen LogP contribution in [0.1, 0.15) is 11.9 Å². The number of likely N-dealkylation sites (N-methyl/N-ethyl adjacent to an activating group) is 2. The van der Waals surface area contributed by atoms with Crippen LogP contribution < -0.4 is 5.73 Å². The number of hydrogen-bond acceptors (Lipinski definition) is 6. The molecular formula is C14H18FN5O. The first-order valence-corrected chi connectivity index (χ1v) is 6.82. The third-order valence-corrected chi connectivity index (χ3v) is 3.84. The Morgan fingerprint density at radius 3 is 2.95 bits per heavy atom. The predicted octanol–water partition coefficient (Wildman–Crippen LogP) is 1.38. The van der Waals surface area contributed by atoms with Gasteiger partial charge in [-0.2, -0.15) is 4.98 Å². The Morgan fingerprint density at radius 1 is 1.33 bits per heavy atom. The molecule has 0 amide bonds. The quantitative estimate of drug-likeness (QED) is 0.843. The Balaban J connectivity index is 1.91. The van der Waals surface area contributed by atoms with Crippen molar-refractivity contribution in [2.45, 2.75) is 6.04 Å². The van der Waals surface area contributed by atoms with Gasteiger partial charge in [-0.15, -0.1) is 0 Å². The lowest BCUT2D eigenvalue weighted by Gasteiger charge is -2.35. The van der Waals surface area contributed by atoms with Crippen molar-refractivity contribution in [3.8, 4) is 11.5 Å². The number of nitrogens with zero attached hydrogens (tertiary/aromatic N) is 4. The molecule has 1 aromatic heterocycles. The number of piperazine rings is 1. The SMILES string of the molecule is CN1CCN(C)C(c2noc(-c3cc(F)ccc3N)n2)C1. The highest BCUT2D eigenvalue weighted by atomic mass is 19.1. The molecule has 0 saturated carbocycles. The van der Waals surface area contributed by atoms with Crippen molar-refractivity contribution in [3.63, 3.8) is 0 Å². The third-order valence-electron chi connectivity index (χ3n) is 3.84. The zero-order chi connectivity index (χ0) is 15.0. The maximum atomic E-state index is 13.3. The molecule has 1 aromatic carbocycles. The monoisotopic (exact) mass is 291 g/mol. The number of halogens is 1. The molecule has 1 unspecified atom stereocenters. The minimum atomic E-state index is -0.381. The lowest BCUT2D eigenvalue weighted by molar-refractivity contribution is 0.108. The lowest BCUT2D eigenvalue weighted by atomic mass is 10.1. The maximum absolute atomic E-state index is 13.3. The number of rotatable bonds is 2. The summed E-state index contributed by atoms with van der Waals surface area (Å²) in [6.45, 7) is 2.77. The van der Waals surface area contributed by atoms with Crippen LogP contribution in [-0.2, 0) is 0 Å². The van der Waals surface area contributed by atoms with Crippen LogP contribution in [0, 0.1) is 5.82 Å². The highest BCUT2D eigenvalue weighted by Gasteiger charge is 2.28. The highest BCUT2D eigenvalue weighted by molar-refractivity contribution is 5.70. The highest BCUT2D eigenvalue weighted by Crippen LogP contribution is 2.28. The van der Waals surface area contributed by atoms with Gasteiger partial charge in [0.2, 0.25) is 0 Å². The molecule has 6 nitrogen and oxygen atoms in total. The summed E-state index contributed by atoms with van der Waals surface area (Å²) in [5, 5.41) is 4.04. The standard InChI is InChI=1S/C14H18FN5O/c1-19-5-6-20(2)12(8-19)13-17-14(21-18-13)10-7-9(15)3-4-11(10)16/h3-4,7,12H,5-6,8,16H2,1-2H3. The number of benzene rings is 1. The first kappa shape index (κ1) is 14.0. The number of hydrogen-bond donors (Lipinski definition) is 1. The van der Waals surface area contributed by atoms with Crippen molar-refractivity contribution in [2.75, 3.05) is 39.5 Å². The average Bonchev–Trinajstić information content (AvgIpc) is 2.93. The van der Waals surface area contributed by atoms with Gasteiger partial charge in [-0.25, -0.2) is 4.39 Å². The molecule has 3 rings (SSSR count). The van der Waals surface area contributed by atoms with Gasteiger partial charge in [0.15, 0.2) is 5.82 Å². The number of aromatic nitrogens is 2. The topological polar surface area (TPSA) is 71.4 Å². The second-order valence-electron chi connectivity index (χ2n) is 5.45. The van der Waals surface area contributed by atoms with E-state index in [-0.39, 0.29) is 17.7 Å². The van der Waals surface area contributed by atoms with Crippen LogP contribution in [0.2, 0.25) is 0 Å². The van der Waals surface area contributed by atoms with E-state index in [0.717, 1.165) is 19.6 Å². The van der Waals surface area contributed by atoms with Crippen molar-refractivity contribution < 1.29 is 8.91 Å². The van der Waals surface area contributed by atoms with E-state index in [1.165, 1.54) is 18.2 Å². The van der Waals surface area contributed by atoms with Crippen LogP contribution in [0.15, 0.2) is 22.7 Å². The van der Waals surface area contributed by atoms with E-state index in [2.05, 4.69) is 27.0 Å². The van der Waals surface area contributed by atoms with Crippen LogP contribution in [-0.4, -0.2) is 53.7 Å². The van der Waals surface area contributed by atoms with E-state index in [1.54, 1.807) is 0 Å². The van der Waals surface area contributed by atoms with Gasteiger partial charge in [-0.1, -0.05) is 5.16 Å². The largest absolute Gasteiger partial charge is 0.398 e. The molecule has 0 radical (unpaired) electrons. The molecule has 1 aliphatic rings. The predicted molar refractivity (Wildman–Crippen MR) is 77.0 cm³/mol. The minimum Gasteiger partial charge on any atom is -0.398 e. The Hall–Kier alpha value is -1.99. The first-order chi connectivity index (χ1) is 10.0. The van der Waals surface area contributed by atoms with E-state index >= 15 is 0 Å². The van der Waals surface area contributed by atoms with Gasteiger partial charge in [0.05, 0.1) is 11.6 Å². The van der Waals surface area contributed by atoms with Gasteiger partial charge in [0, 0.05) is 25.3 Å². The summed E-state index contributed by atoms with van der Waals surface area (Å²) >= 11 is 0. The van der Waals surface area contributed by atoms with Crippen LogP contribution in [0.5, 0.6) is 0 Å². The zero-order valence-electron chi connectivity index (χ0n) is 12.1. The molecule has 0 aliphatic carbocycles. The summed E-state index contributed by atoms with van der Waals surface area (Å²) in [6.07, 6.45) is 0. The van der Waals surface area contributed by atoms with Crippen LogP contribution in [0.3, 0.4) is 0 Å². The molecule has 1 aliphatic heterocycles. The lowest BCUT2D eigenvalue weighted by Crippen LogP contribution is -2.45. The maximum Gasteiger partial charge on any atom is 0.260 e. The fraction of sp³-hybridized carbons (Fsp3) is 0.429. The summed E-state index contributed by atoms with van der Waals surface area (Å²) in [6, 6.07) is 4.18. The Morgan fingerprint density at radius 2 is 2.14 bits per heavy atom. The van der Waals surface area contributed by atoms with Crippen molar-refractivity contribution in [1.82, 2.24) is 19.9 Å². The molecule has 7 heteroatoms. The van der Waals surface area contributed by atoms with Crippen molar-refractivity contribution in [3.05, 3.63) is 29.8 Å².